The third-order valence-corrected chi connectivity index (χ3v) is 3.17. The Morgan fingerprint density at radius 2 is 2.25 bits per heavy atom. The number of nitrogens with zero attached hydrogens (tertiary/aromatic N) is 1. The summed E-state index contributed by atoms with van der Waals surface area (Å²) >= 11 is 0. The molecule has 3 nitrogen and oxygen atoms in total. The van der Waals surface area contributed by atoms with Crippen LogP contribution in [0.15, 0.2) is 29.3 Å². The van der Waals surface area contributed by atoms with Gasteiger partial charge in [-0.15, -0.1) is 0 Å². The highest BCUT2D eigenvalue weighted by Gasteiger charge is 2.26. The molecule has 2 rings (SSSR count). The van der Waals surface area contributed by atoms with E-state index >= 15 is 0 Å². The van der Waals surface area contributed by atoms with Crippen molar-refractivity contribution in [3.8, 4) is 0 Å². The summed E-state index contributed by atoms with van der Waals surface area (Å²) in [6.07, 6.45) is 2.43. The SMILES string of the molecule is Cc1cccc(NC(N)=NC2CCC2C)c1. The lowest BCUT2D eigenvalue weighted by atomic mass is 9.82. The highest BCUT2D eigenvalue weighted by molar-refractivity contribution is 5.92. The first-order valence-electron chi connectivity index (χ1n) is 5.82. The Hall–Kier alpha value is -1.51. The molecule has 16 heavy (non-hydrogen) atoms. The van der Waals surface area contributed by atoms with Crippen LogP contribution in [0.5, 0.6) is 0 Å². The molecule has 2 atom stereocenters. The maximum absolute atomic E-state index is 5.87. The topological polar surface area (TPSA) is 50.4 Å². The summed E-state index contributed by atoms with van der Waals surface area (Å²) in [5.41, 5.74) is 8.09. The number of rotatable bonds is 2. The fraction of sp³-hybridized carbons (Fsp3) is 0.462. The summed E-state index contributed by atoms with van der Waals surface area (Å²) in [7, 11) is 0. The van der Waals surface area contributed by atoms with Crippen molar-refractivity contribution in [2.75, 3.05) is 5.32 Å². The van der Waals surface area contributed by atoms with Gasteiger partial charge in [0, 0.05) is 5.69 Å². The highest BCUT2D eigenvalue weighted by atomic mass is 15.1. The van der Waals surface area contributed by atoms with Crippen LogP contribution in [0.25, 0.3) is 0 Å². The predicted octanol–water partition coefficient (Wildman–Crippen LogP) is 2.52. The van der Waals surface area contributed by atoms with Crippen molar-refractivity contribution in [1.82, 2.24) is 0 Å². The number of aliphatic imine (C=N–C) groups is 1. The Kier molecular flexibility index (Phi) is 3.13. The molecule has 0 heterocycles. The lowest BCUT2D eigenvalue weighted by Gasteiger charge is -2.30. The fourth-order valence-corrected chi connectivity index (χ4v) is 1.92. The van der Waals surface area contributed by atoms with E-state index < -0.39 is 0 Å². The van der Waals surface area contributed by atoms with Gasteiger partial charge in [-0.1, -0.05) is 19.1 Å². The van der Waals surface area contributed by atoms with Crippen LogP contribution in [0.3, 0.4) is 0 Å². The van der Waals surface area contributed by atoms with Crippen LogP contribution in [-0.2, 0) is 0 Å². The molecule has 1 aromatic rings. The molecule has 1 fully saturated rings. The number of benzene rings is 1. The summed E-state index contributed by atoms with van der Waals surface area (Å²) < 4.78 is 0. The average Bonchev–Trinajstić information content (AvgIpc) is 2.24. The van der Waals surface area contributed by atoms with E-state index in [1.807, 2.05) is 12.1 Å². The van der Waals surface area contributed by atoms with E-state index in [1.165, 1.54) is 12.0 Å². The van der Waals surface area contributed by atoms with E-state index in [2.05, 4.69) is 36.3 Å². The Morgan fingerprint density at radius 1 is 1.44 bits per heavy atom. The lowest BCUT2D eigenvalue weighted by molar-refractivity contribution is 0.284. The third-order valence-electron chi connectivity index (χ3n) is 3.17. The van der Waals surface area contributed by atoms with Crippen molar-refractivity contribution in [3.05, 3.63) is 29.8 Å². The van der Waals surface area contributed by atoms with Gasteiger partial charge in [0.15, 0.2) is 5.96 Å². The second-order valence-electron chi connectivity index (χ2n) is 4.63. The zero-order chi connectivity index (χ0) is 11.5. The third kappa shape index (κ3) is 2.54. The van der Waals surface area contributed by atoms with Crippen LogP contribution in [0, 0.1) is 12.8 Å². The predicted molar refractivity (Wildman–Crippen MR) is 68.6 cm³/mol. The molecule has 0 bridgehead atoms. The molecule has 3 heteroatoms. The molecule has 1 aliphatic rings. The molecular formula is C13H19N3. The van der Waals surface area contributed by atoms with Gasteiger partial charge in [-0.2, -0.15) is 0 Å². The van der Waals surface area contributed by atoms with Gasteiger partial charge >= 0.3 is 0 Å². The molecule has 86 valence electrons. The lowest BCUT2D eigenvalue weighted by Crippen LogP contribution is -2.32. The molecule has 2 unspecified atom stereocenters. The standard InChI is InChI=1S/C13H19N3/c1-9-4-3-5-11(8-9)15-13(14)16-12-7-6-10(12)2/h3-5,8,10,12H,6-7H2,1-2H3,(H3,14,15,16). The first-order chi connectivity index (χ1) is 7.65. The largest absolute Gasteiger partial charge is 0.370 e. The van der Waals surface area contributed by atoms with Crippen LogP contribution >= 0.6 is 0 Å². The zero-order valence-electron chi connectivity index (χ0n) is 9.90. The van der Waals surface area contributed by atoms with Gasteiger partial charge in [-0.3, -0.25) is 0 Å². The van der Waals surface area contributed by atoms with Crippen molar-refractivity contribution in [2.24, 2.45) is 16.6 Å². The van der Waals surface area contributed by atoms with E-state index in [9.17, 15) is 0 Å². The molecule has 0 aromatic heterocycles. The molecule has 0 saturated heterocycles. The van der Waals surface area contributed by atoms with Crippen molar-refractivity contribution < 1.29 is 0 Å². The molecule has 1 aliphatic carbocycles. The van der Waals surface area contributed by atoms with Crippen molar-refractivity contribution >= 4 is 11.6 Å². The van der Waals surface area contributed by atoms with Gasteiger partial charge in [0.2, 0.25) is 0 Å². The maximum atomic E-state index is 5.87. The molecule has 0 amide bonds. The normalized spacial score (nSPS) is 25.0. The monoisotopic (exact) mass is 217 g/mol. The minimum absolute atomic E-state index is 0.414. The Bertz CT molecular complexity index is 398. The Morgan fingerprint density at radius 3 is 2.81 bits per heavy atom. The van der Waals surface area contributed by atoms with E-state index in [1.54, 1.807) is 0 Å². The fourth-order valence-electron chi connectivity index (χ4n) is 1.92. The van der Waals surface area contributed by atoms with Gasteiger partial charge in [0.25, 0.3) is 0 Å². The van der Waals surface area contributed by atoms with Crippen LogP contribution in [0.2, 0.25) is 0 Å². The average molecular weight is 217 g/mol. The summed E-state index contributed by atoms with van der Waals surface area (Å²) in [6.45, 7) is 4.28. The van der Waals surface area contributed by atoms with Gasteiger partial charge in [-0.25, -0.2) is 4.99 Å². The van der Waals surface area contributed by atoms with Gasteiger partial charge in [-0.05, 0) is 43.4 Å². The Balaban J connectivity index is 1.98. The summed E-state index contributed by atoms with van der Waals surface area (Å²) in [6, 6.07) is 8.55. The van der Waals surface area contributed by atoms with Crippen molar-refractivity contribution in [1.29, 1.82) is 0 Å². The van der Waals surface area contributed by atoms with Crippen LogP contribution in [0.1, 0.15) is 25.3 Å². The molecule has 1 saturated carbocycles. The molecule has 0 spiro atoms. The number of anilines is 1. The van der Waals surface area contributed by atoms with Crippen LogP contribution in [0.4, 0.5) is 5.69 Å². The zero-order valence-corrected chi connectivity index (χ0v) is 9.90. The number of aryl methyl sites for hydroxylation is 1. The van der Waals surface area contributed by atoms with Crippen LogP contribution < -0.4 is 11.1 Å². The highest BCUT2D eigenvalue weighted by Crippen LogP contribution is 2.29. The maximum Gasteiger partial charge on any atom is 0.193 e. The molecular weight excluding hydrogens is 198 g/mol. The van der Waals surface area contributed by atoms with Crippen molar-refractivity contribution in [3.63, 3.8) is 0 Å². The number of guanidine groups is 1. The summed E-state index contributed by atoms with van der Waals surface area (Å²) in [5, 5.41) is 3.13. The number of nitrogens with one attached hydrogen (secondary N) is 1. The molecule has 0 aliphatic heterocycles. The molecule has 3 N–H and O–H groups in total. The van der Waals surface area contributed by atoms with E-state index in [4.69, 9.17) is 5.73 Å². The van der Waals surface area contributed by atoms with Gasteiger partial charge < -0.3 is 11.1 Å². The first-order valence-corrected chi connectivity index (χ1v) is 5.82. The second kappa shape index (κ2) is 4.56. The van der Waals surface area contributed by atoms with E-state index in [0.29, 0.717) is 17.9 Å². The second-order valence-corrected chi connectivity index (χ2v) is 4.63. The smallest absolute Gasteiger partial charge is 0.193 e. The minimum atomic E-state index is 0.414. The van der Waals surface area contributed by atoms with E-state index in [-0.39, 0.29) is 0 Å². The Labute approximate surface area is 96.8 Å². The van der Waals surface area contributed by atoms with Gasteiger partial charge in [0.05, 0.1) is 6.04 Å². The van der Waals surface area contributed by atoms with E-state index in [0.717, 1.165) is 12.1 Å². The van der Waals surface area contributed by atoms with Crippen molar-refractivity contribution in [2.45, 2.75) is 32.7 Å². The summed E-state index contributed by atoms with van der Waals surface area (Å²) in [5.74, 6) is 1.21. The minimum Gasteiger partial charge on any atom is -0.370 e. The number of hydrogen-bond acceptors (Lipinski definition) is 1. The first kappa shape index (κ1) is 11.0. The number of nitrogens with two attached hydrogens (primary N) is 1. The number of hydrogen-bond donors (Lipinski definition) is 2. The summed E-state index contributed by atoms with van der Waals surface area (Å²) in [4.78, 5) is 4.47. The molecule has 0 radical (unpaired) electrons. The van der Waals surface area contributed by atoms with Gasteiger partial charge in [0.1, 0.15) is 0 Å². The quantitative estimate of drug-likeness (QED) is 0.590. The van der Waals surface area contributed by atoms with Crippen LogP contribution in [-0.4, -0.2) is 12.0 Å². The molecule has 1 aromatic carbocycles.